The van der Waals surface area contributed by atoms with Crippen molar-refractivity contribution in [2.45, 2.75) is 45.2 Å². The van der Waals surface area contributed by atoms with Gasteiger partial charge in [0.2, 0.25) is 0 Å². The average Bonchev–Trinajstić information content (AvgIpc) is 3.16. The molecule has 0 spiro atoms. The van der Waals surface area contributed by atoms with E-state index < -0.39 is 0 Å². The van der Waals surface area contributed by atoms with Gasteiger partial charge in [0.1, 0.15) is 16.1 Å². The standard InChI is InChI=1S/C25H33BrN6/c1-4-30-14-16-31(17-15-30)22-12-6-11-21-28-24(25(26)32(21)22)20-10-5-9-19(29(20)3)23-18(2)8-7-13-27-23/h6-8,11-13,19-20H,4-5,9-10,14-17H2,1-3H3. The van der Waals surface area contributed by atoms with Crippen molar-refractivity contribution in [1.82, 2.24) is 24.2 Å². The number of aryl methyl sites for hydroxylation is 1. The SMILES string of the molecule is CCN1CCN(c2cccc3nc(C4CCCC(c5ncccc5C)N4C)c(Br)n23)CC1. The highest BCUT2D eigenvalue weighted by atomic mass is 79.9. The fourth-order valence-corrected chi connectivity index (χ4v) is 6.16. The first-order chi connectivity index (χ1) is 15.6. The number of pyridine rings is 2. The molecule has 2 aliphatic rings. The number of hydrogen-bond donors (Lipinski definition) is 0. The van der Waals surface area contributed by atoms with Crippen LogP contribution in [0.3, 0.4) is 0 Å². The Kier molecular flexibility index (Phi) is 6.23. The largest absolute Gasteiger partial charge is 0.355 e. The van der Waals surface area contributed by atoms with Gasteiger partial charge in [-0.05, 0) is 79.5 Å². The van der Waals surface area contributed by atoms with Crippen LogP contribution in [0.4, 0.5) is 5.82 Å². The topological polar surface area (TPSA) is 39.9 Å². The summed E-state index contributed by atoms with van der Waals surface area (Å²) in [5, 5.41) is 0. The van der Waals surface area contributed by atoms with Gasteiger partial charge >= 0.3 is 0 Å². The van der Waals surface area contributed by atoms with Crippen molar-refractivity contribution in [1.29, 1.82) is 0 Å². The average molecular weight is 497 g/mol. The zero-order valence-corrected chi connectivity index (χ0v) is 20.9. The van der Waals surface area contributed by atoms with Crippen LogP contribution in [0.2, 0.25) is 0 Å². The Balaban J connectivity index is 1.48. The number of anilines is 1. The smallest absolute Gasteiger partial charge is 0.139 e. The maximum absolute atomic E-state index is 5.14. The number of nitrogens with zero attached hydrogens (tertiary/aromatic N) is 6. The Morgan fingerprint density at radius 3 is 2.47 bits per heavy atom. The number of fused-ring (bicyclic) bond motifs is 1. The third-order valence-electron chi connectivity index (χ3n) is 7.35. The highest BCUT2D eigenvalue weighted by molar-refractivity contribution is 9.10. The molecule has 2 saturated heterocycles. The zero-order chi connectivity index (χ0) is 22.2. The van der Waals surface area contributed by atoms with Crippen LogP contribution in [0.25, 0.3) is 5.65 Å². The first-order valence-corrected chi connectivity index (χ1v) is 12.7. The number of rotatable bonds is 4. The molecule has 0 aromatic carbocycles. The lowest BCUT2D eigenvalue weighted by molar-refractivity contribution is 0.109. The molecule has 5 heterocycles. The van der Waals surface area contributed by atoms with Crippen LogP contribution in [0.5, 0.6) is 0 Å². The van der Waals surface area contributed by atoms with Crippen LogP contribution in [0, 0.1) is 6.92 Å². The molecule has 170 valence electrons. The van der Waals surface area contributed by atoms with Gasteiger partial charge in [-0.15, -0.1) is 0 Å². The predicted molar refractivity (Wildman–Crippen MR) is 133 cm³/mol. The number of aromatic nitrogens is 3. The summed E-state index contributed by atoms with van der Waals surface area (Å²) in [6.45, 7) is 9.88. The molecule has 3 aromatic heterocycles. The number of halogens is 1. The maximum Gasteiger partial charge on any atom is 0.139 e. The highest BCUT2D eigenvalue weighted by Crippen LogP contribution is 2.42. The van der Waals surface area contributed by atoms with E-state index in [2.05, 4.69) is 80.2 Å². The van der Waals surface area contributed by atoms with Gasteiger partial charge < -0.3 is 9.80 Å². The van der Waals surface area contributed by atoms with E-state index in [4.69, 9.17) is 9.97 Å². The van der Waals surface area contributed by atoms with Crippen LogP contribution < -0.4 is 4.90 Å². The Labute approximate surface area is 199 Å². The molecule has 0 radical (unpaired) electrons. The molecule has 0 saturated carbocycles. The van der Waals surface area contributed by atoms with Crippen LogP contribution in [-0.2, 0) is 0 Å². The molecule has 0 bridgehead atoms. The molecule has 0 aliphatic carbocycles. The molecule has 6 nitrogen and oxygen atoms in total. The van der Waals surface area contributed by atoms with Crippen LogP contribution >= 0.6 is 15.9 Å². The van der Waals surface area contributed by atoms with E-state index in [0.717, 1.165) is 61.5 Å². The second-order valence-corrected chi connectivity index (χ2v) is 9.87. The lowest BCUT2D eigenvalue weighted by atomic mass is 9.91. The molecular formula is C25H33BrN6. The van der Waals surface area contributed by atoms with E-state index in [9.17, 15) is 0 Å². The maximum atomic E-state index is 5.14. The molecule has 2 unspecified atom stereocenters. The minimum Gasteiger partial charge on any atom is -0.355 e. The Bertz CT molecular complexity index is 1090. The van der Waals surface area contributed by atoms with E-state index in [-0.39, 0.29) is 6.04 Å². The molecule has 3 aromatic rings. The molecule has 0 N–H and O–H groups in total. The minimum absolute atomic E-state index is 0.272. The lowest BCUT2D eigenvalue weighted by Crippen LogP contribution is -2.46. The van der Waals surface area contributed by atoms with Crippen molar-refractivity contribution in [3.05, 3.63) is 58.1 Å². The molecule has 2 fully saturated rings. The van der Waals surface area contributed by atoms with Crippen molar-refractivity contribution >= 4 is 27.4 Å². The number of likely N-dealkylation sites (tertiary alicyclic amines) is 1. The van der Waals surface area contributed by atoms with Crippen molar-refractivity contribution in [3.63, 3.8) is 0 Å². The fourth-order valence-electron chi connectivity index (χ4n) is 5.45. The summed E-state index contributed by atoms with van der Waals surface area (Å²) >= 11 is 3.97. The summed E-state index contributed by atoms with van der Waals surface area (Å²) in [4.78, 5) is 17.4. The Morgan fingerprint density at radius 2 is 1.75 bits per heavy atom. The second kappa shape index (κ2) is 9.12. The third-order valence-corrected chi connectivity index (χ3v) is 8.12. The van der Waals surface area contributed by atoms with Gasteiger partial charge in [0.25, 0.3) is 0 Å². The third kappa shape index (κ3) is 3.84. The van der Waals surface area contributed by atoms with Gasteiger partial charge in [-0.3, -0.25) is 14.3 Å². The predicted octanol–water partition coefficient (Wildman–Crippen LogP) is 4.84. The van der Waals surface area contributed by atoms with E-state index in [1.54, 1.807) is 0 Å². The van der Waals surface area contributed by atoms with Gasteiger partial charge in [-0.2, -0.15) is 0 Å². The van der Waals surface area contributed by atoms with E-state index in [1.165, 1.54) is 23.5 Å². The van der Waals surface area contributed by atoms with Crippen molar-refractivity contribution < 1.29 is 0 Å². The molecule has 0 amide bonds. The van der Waals surface area contributed by atoms with Crippen molar-refractivity contribution in [2.24, 2.45) is 0 Å². The summed E-state index contributed by atoms with van der Waals surface area (Å²) in [5.41, 5.74) is 4.64. The molecule has 7 heteroatoms. The van der Waals surface area contributed by atoms with E-state index in [0.29, 0.717) is 6.04 Å². The zero-order valence-electron chi connectivity index (χ0n) is 19.3. The Hall–Kier alpha value is -1.96. The first-order valence-electron chi connectivity index (χ1n) is 11.9. The van der Waals surface area contributed by atoms with Crippen LogP contribution in [0.1, 0.15) is 55.2 Å². The van der Waals surface area contributed by atoms with Crippen molar-refractivity contribution in [2.75, 3.05) is 44.7 Å². The van der Waals surface area contributed by atoms with Crippen LogP contribution in [0.15, 0.2) is 41.1 Å². The summed E-state index contributed by atoms with van der Waals surface area (Å²) in [5.74, 6) is 1.24. The molecule has 32 heavy (non-hydrogen) atoms. The summed E-state index contributed by atoms with van der Waals surface area (Å²) in [6, 6.07) is 11.3. The highest BCUT2D eigenvalue weighted by Gasteiger charge is 2.34. The van der Waals surface area contributed by atoms with E-state index in [1.807, 2.05) is 12.3 Å². The van der Waals surface area contributed by atoms with Gasteiger partial charge in [-0.1, -0.05) is 19.1 Å². The van der Waals surface area contributed by atoms with Crippen LogP contribution in [-0.4, -0.2) is 63.9 Å². The molecular weight excluding hydrogens is 464 g/mol. The van der Waals surface area contributed by atoms with Gasteiger partial charge in [-0.25, -0.2) is 4.98 Å². The molecule has 5 rings (SSSR count). The van der Waals surface area contributed by atoms with E-state index >= 15 is 0 Å². The molecule has 2 aliphatic heterocycles. The first kappa shape index (κ1) is 21.9. The number of piperazine rings is 1. The van der Waals surface area contributed by atoms with Gasteiger partial charge in [0, 0.05) is 32.4 Å². The monoisotopic (exact) mass is 496 g/mol. The normalized spacial score (nSPS) is 23.2. The summed E-state index contributed by atoms with van der Waals surface area (Å²) < 4.78 is 3.40. The number of likely N-dealkylation sites (N-methyl/N-ethyl adjacent to an activating group) is 1. The summed E-state index contributed by atoms with van der Waals surface area (Å²) in [7, 11) is 2.24. The minimum atomic E-state index is 0.272. The lowest BCUT2D eigenvalue weighted by Gasteiger charge is -2.39. The second-order valence-electron chi connectivity index (χ2n) is 9.12. The van der Waals surface area contributed by atoms with Gasteiger partial charge in [0.05, 0.1) is 23.5 Å². The Morgan fingerprint density at radius 1 is 1.00 bits per heavy atom. The molecule has 2 atom stereocenters. The summed E-state index contributed by atoms with van der Waals surface area (Å²) in [6.07, 6.45) is 5.36. The number of hydrogen-bond acceptors (Lipinski definition) is 5. The van der Waals surface area contributed by atoms with Crippen molar-refractivity contribution in [3.8, 4) is 0 Å². The fraction of sp³-hybridized carbons (Fsp3) is 0.520. The van der Waals surface area contributed by atoms with Gasteiger partial charge in [0.15, 0.2) is 0 Å². The quantitative estimate of drug-likeness (QED) is 0.516. The number of piperidine rings is 1. The number of imidazole rings is 1.